The SMILES string of the molecule is COc1cc([C@@H]2C(C#N)=C(N)Oc3n[nH]c(-c4ccccc4)c32)ccc1OCc1ccc(C)cc1. The van der Waals surface area contributed by atoms with Gasteiger partial charge in [0.1, 0.15) is 18.2 Å². The van der Waals surface area contributed by atoms with Crippen LogP contribution >= 0.6 is 0 Å². The highest BCUT2D eigenvalue weighted by atomic mass is 16.5. The first-order valence-corrected chi connectivity index (χ1v) is 11.2. The summed E-state index contributed by atoms with van der Waals surface area (Å²) in [5.41, 5.74) is 12.0. The topological polar surface area (TPSA) is 106 Å². The lowest BCUT2D eigenvalue weighted by molar-refractivity contribution is 0.284. The molecule has 0 bridgehead atoms. The standard InChI is InChI=1S/C28H24N4O3/c1-17-8-10-18(11-9-17)16-34-22-13-12-20(14-23(22)33-2)24-21(15-29)27(30)35-28-25(24)26(31-32-28)19-6-4-3-5-7-19/h3-14,24H,16,30H2,1-2H3,(H,31,32)/t24-/m1/s1. The summed E-state index contributed by atoms with van der Waals surface area (Å²) in [6, 6.07) is 25.8. The van der Waals surface area contributed by atoms with Crippen LogP contribution in [0.4, 0.5) is 0 Å². The number of hydrogen-bond donors (Lipinski definition) is 2. The predicted molar refractivity (Wildman–Crippen MR) is 132 cm³/mol. The summed E-state index contributed by atoms with van der Waals surface area (Å²) < 4.78 is 17.4. The fourth-order valence-electron chi connectivity index (χ4n) is 4.23. The summed E-state index contributed by atoms with van der Waals surface area (Å²) in [5, 5.41) is 17.4. The number of aromatic amines is 1. The molecule has 1 aliphatic heterocycles. The highest BCUT2D eigenvalue weighted by Crippen LogP contribution is 2.47. The number of ether oxygens (including phenoxy) is 3. The van der Waals surface area contributed by atoms with Crippen molar-refractivity contribution in [1.29, 1.82) is 5.26 Å². The third-order valence-electron chi connectivity index (χ3n) is 6.04. The number of methoxy groups -OCH3 is 1. The number of nitrogens with two attached hydrogens (primary N) is 1. The number of allylic oxidation sites excluding steroid dienone is 1. The third-order valence-corrected chi connectivity index (χ3v) is 6.04. The predicted octanol–water partition coefficient (Wildman–Crippen LogP) is 5.19. The summed E-state index contributed by atoms with van der Waals surface area (Å²) in [4.78, 5) is 0. The summed E-state index contributed by atoms with van der Waals surface area (Å²) in [7, 11) is 1.59. The van der Waals surface area contributed by atoms with Crippen LogP contribution in [0.15, 0.2) is 84.3 Å². The van der Waals surface area contributed by atoms with Crippen LogP contribution in [0.5, 0.6) is 17.4 Å². The number of fused-ring (bicyclic) bond motifs is 1. The molecule has 3 N–H and O–H groups in total. The third kappa shape index (κ3) is 4.18. The average molecular weight is 465 g/mol. The fraction of sp³-hybridized carbons (Fsp3) is 0.143. The smallest absolute Gasteiger partial charge is 0.244 e. The van der Waals surface area contributed by atoms with E-state index in [-0.39, 0.29) is 5.88 Å². The molecule has 5 rings (SSSR count). The molecular formula is C28H24N4O3. The van der Waals surface area contributed by atoms with Gasteiger partial charge in [-0.3, -0.25) is 5.10 Å². The van der Waals surface area contributed by atoms with Crippen molar-refractivity contribution in [3.8, 4) is 34.7 Å². The van der Waals surface area contributed by atoms with Crippen LogP contribution < -0.4 is 19.9 Å². The zero-order chi connectivity index (χ0) is 24.4. The van der Waals surface area contributed by atoms with Crippen molar-refractivity contribution in [2.75, 3.05) is 7.11 Å². The number of nitrogens with zero attached hydrogens (tertiary/aromatic N) is 2. The van der Waals surface area contributed by atoms with Gasteiger partial charge in [-0.25, -0.2) is 0 Å². The van der Waals surface area contributed by atoms with Gasteiger partial charge in [-0.2, -0.15) is 5.26 Å². The second kappa shape index (κ2) is 9.27. The maximum Gasteiger partial charge on any atom is 0.244 e. The molecular weight excluding hydrogens is 440 g/mol. The minimum Gasteiger partial charge on any atom is -0.493 e. The molecule has 0 radical (unpaired) electrons. The van der Waals surface area contributed by atoms with Crippen LogP contribution in [0.2, 0.25) is 0 Å². The molecule has 0 saturated carbocycles. The first-order valence-electron chi connectivity index (χ1n) is 11.2. The molecule has 0 fully saturated rings. The molecule has 7 heteroatoms. The summed E-state index contributed by atoms with van der Waals surface area (Å²) in [5.74, 6) is 1.06. The van der Waals surface area contributed by atoms with Crippen LogP contribution in [-0.2, 0) is 6.61 Å². The highest BCUT2D eigenvalue weighted by Gasteiger charge is 2.36. The van der Waals surface area contributed by atoms with E-state index in [1.54, 1.807) is 7.11 Å². The van der Waals surface area contributed by atoms with Crippen molar-refractivity contribution >= 4 is 0 Å². The van der Waals surface area contributed by atoms with Crippen LogP contribution in [0.3, 0.4) is 0 Å². The van der Waals surface area contributed by atoms with Crippen LogP contribution in [0, 0.1) is 18.3 Å². The molecule has 0 aliphatic carbocycles. The zero-order valence-electron chi connectivity index (χ0n) is 19.4. The lowest BCUT2D eigenvalue weighted by Gasteiger charge is -2.25. The first kappa shape index (κ1) is 22.1. The number of rotatable bonds is 6. The van der Waals surface area contributed by atoms with Gasteiger partial charge in [0.15, 0.2) is 11.5 Å². The molecule has 0 unspecified atom stereocenters. The lowest BCUT2D eigenvalue weighted by atomic mass is 9.83. The number of aromatic nitrogens is 2. The quantitative estimate of drug-likeness (QED) is 0.407. The Labute approximate surface area is 203 Å². The Morgan fingerprint density at radius 2 is 1.83 bits per heavy atom. The van der Waals surface area contributed by atoms with Crippen LogP contribution in [0.25, 0.3) is 11.3 Å². The van der Waals surface area contributed by atoms with Gasteiger partial charge < -0.3 is 19.9 Å². The Kier molecular flexibility index (Phi) is 5.86. The fourth-order valence-corrected chi connectivity index (χ4v) is 4.23. The number of nitrogens with one attached hydrogen (secondary N) is 1. The highest BCUT2D eigenvalue weighted by molar-refractivity contribution is 5.71. The Morgan fingerprint density at radius 3 is 2.54 bits per heavy atom. The molecule has 1 aromatic heterocycles. The van der Waals surface area contributed by atoms with E-state index in [0.717, 1.165) is 27.9 Å². The molecule has 3 aromatic carbocycles. The lowest BCUT2D eigenvalue weighted by Crippen LogP contribution is -2.21. The van der Waals surface area contributed by atoms with Crippen molar-refractivity contribution in [2.45, 2.75) is 19.4 Å². The molecule has 7 nitrogen and oxygen atoms in total. The van der Waals surface area contributed by atoms with Gasteiger partial charge in [0, 0.05) is 0 Å². The van der Waals surface area contributed by atoms with Crippen molar-refractivity contribution in [3.05, 3.63) is 107 Å². The summed E-state index contributed by atoms with van der Waals surface area (Å²) in [6.45, 7) is 2.46. The zero-order valence-corrected chi connectivity index (χ0v) is 19.4. The summed E-state index contributed by atoms with van der Waals surface area (Å²) >= 11 is 0. The molecule has 0 saturated heterocycles. The normalized spacial score (nSPS) is 14.6. The maximum atomic E-state index is 9.97. The van der Waals surface area contributed by atoms with Gasteiger partial charge in [-0.05, 0) is 35.7 Å². The van der Waals surface area contributed by atoms with Crippen LogP contribution in [-0.4, -0.2) is 17.3 Å². The Hall–Kier alpha value is -4.70. The number of hydrogen-bond acceptors (Lipinski definition) is 6. The Bertz CT molecular complexity index is 1430. The van der Waals surface area contributed by atoms with Gasteiger partial charge >= 0.3 is 0 Å². The van der Waals surface area contributed by atoms with Crippen molar-refractivity contribution < 1.29 is 14.2 Å². The number of H-pyrrole nitrogens is 1. The number of nitriles is 1. The van der Waals surface area contributed by atoms with Gasteiger partial charge in [-0.15, -0.1) is 5.10 Å². The van der Waals surface area contributed by atoms with E-state index in [1.807, 2.05) is 67.6 Å². The Morgan fingerprint density at radius 1 is 1.06 bits per heavy atom. The molecule has 2 heterocycles. The minimum atomic E-state index is -0.488. The largest absolute Gasteiger partial charge is 0.493 e. The van der Waals surface area contributed by atoms with Gasteiger partial charge in [0.2, 0.25) is 11.8 Å². The van der Waals surface area contributed by atoms with Crippen molar-refractivity contribution in [3.63, 3.8) is 0 Å². The maximum absolute atomic E-state index is 9.97. The molecule has 0 amide bonds. The second-order valence-corrected chi connectivity index (χ2v) is 8.29. The molecule has 35 heavy (non-hydrogen) atoms. The Balaban J connectivity index is 1.54. The van der Waals surface area contributed by atoms with E-state index in [9.17, 15) is 5.26 Å². The van der Waals surface area contributed by atoms with E-state index >= 15 is 0 Å². The monoisotopic (exact) mass is 464 g/mol. The van der Waals surface area contributed by atoms with Gasteiger partial charge in [0.05, 0.1) is 24.3 Å². The van der Waals surface area contributed by atoms with E-state index in [0.29, 0.717) is 29.6 Å². The number of aryl methyl sites for hydroxylation is 1. The number of benzene rings is 3. The van der Waals surface area contributed by atoms with E-state index in [1.165, 1.54) is 5.56 Å². The van der Waals surface area contributed by atoms with Crippen molar-refractivity contribution in [1.82, 2.24) is 10.2 Å². The molecule has 174 valence electrons. The van der Waals surface area contributed by atoms with Crippen molar-refractivity contribution in [2.24, 2.45) is 5.73 Å². The first-order chi connectivity index (χ1) is 17.1. The molecule has 1 atom stereocenters. The molecule has 1 aliphatic rings. The minimum absolute atomic E-state index is 0.0368. The van der Waals surface area contributed by atoms with E-state index in [4.69, 9.17) is 19.9 Å². The summed E-state index contributed by atoms with van der Waals surface area (Å²) in [6.07, 6.45) is 0. The van der Waals surface area contributed by atoms with Crippen LogP contribution in [0.1, 0.15) is 28.2 Å². The molecule has 4 aromatic rings. The van der Waals surface area contributed by atoms with Gasteiger partial charge in [0.25, 0.3) is 0 Å². The van der Waals surface area contributed by atoms with E-state index < -0.39 is 5.92 Å². The average Bonchev–Trinajstić information content (AvgIpc) is 3.31. The molecule has 0 spiro atoms. The second-order valence-electron chi connectivity index (χ2n) is 8.29. The van der Waals surface area contributed by atoms with Gasteiger partial charge in [-0.1, -0.05) is 66.2 Å². The van der Waals surface area contributed by atoms with E-state index in [2.05, 4.69) is 28.4 Å².